The number of rotatable bonds is 3. The summed E-state index contributed by atoms with van der Waals surface area (Å²) < 4.78 is 10.9. The van der Waals surface area contributed by atoms with Crippen molar-refractivity contribution in [2.45, 2.75) is 58.3 Å². The molecular formula is C13H25NO4. The van der Waals surface area contributed by atoms with Crippen molar-refractivity contribution in [3.8, 4) is 0 Å². The summed E-state index contributed by atoms with van der Waals surface area (Å²) in [5, 5.41) is 9.58. The van der Waals surface area contributed by atoms with Gasteiger partial charge in [0.2, 0.25) is 0 Å². The molecule has 0 aromatic heterocycles. The van der Waals surface area contributed by atoms with Crippen molar-refractivity contribution < 1.29 is 19.4 Å². The van der Waals surface area contributed by atoms with Gasteiger partial charge in [-0.25, -0.2) is 4.79 Å². The number of carbonyl (C=O) groups excluding carboxylic acids is 1. The van der Waals surface area contributed by atoms with Gasteiger partial charge in [-0.05, 0) is 41.0 Å². The highest BCUT2D eigenvalue weighted by Crippen LogP contribution is 2.18. The SMILES string of the molecule is CC(C)(O)COC1CCN(C(=O)OC(C)(C)C)C1. The summed E-state index contributed by atoms with van der Waals surface area (Å²) in [4.78, 5) is 13.5. The van der Waals surface area contributed by atoms with Crippen LogP contribution in [0.3, 0.4) is 0 Å². The van der Waals surface area contributed by atoms with E-state index in [-0.39, 0.29) is 18.8 Å². The standard InChI is InChI=1S/C13H25NO4/c1-12(2,3)18-11(15)14-7-6-10(8-14)17-9-13(4,5)16/h10,16H,6-9H2,1-5H3. The molecule has 106 valence electrons. The van der Waals surface area contributed by atoms with Gasteiger partial charge in [0, 0.05) is 6.54 Å². The van der Waals surface area contributed by atoms with Crippen LogP contribution in [0.4, 0.5) is 4.79 Å². The number of nitrogens with zero attached hydrogens (tertiary/aromatic N) is 1. The normalized spacial score (nSPS) is 21.2. The molecule has 1 N–H and O–H groups in total. The lowest BCUT2D eigenvalue weighted by atomic mass is 10.1. The molecule has 1 rings (SSSR count). The lowest BCUT2D eigenvalue weighted by Gasteiger charge is -2.24. The van der Waals surface area contributed by atoms with Crippen LogP contribution < -0.4 is 0 Å². The van der Waals surface area contributed by atoms with Crippen LogP contribution >= 0.6 is 0 Å². The van der Waals surface area contributed by atoms with E-state index in [0.29, 0.717) is 13.1 Å². The van der Waals surface area contributed by atoms with Gasteiger partial charge in [-0.15, -0.1) is 0 Å². The lowest BCUT2D eigenvalue weighted by Crippen LogP contribution is -2.36. The minimum atomic E-state index is -0.834. The van der Waals surface area contributed by atoms with Crippen LogP contribution in [-0.4, -0.2) is 53.1 Å². The molecular weight excluding hydrogens is 234 g/mol. The number of hydrogen-bond acceptors (Lipinski definition) is 4. The third-order valence-electron chi connectivity index (χ3n) is 2.47. The van der Waals surface area contributed by atoms with Crippen molar-refractivity contribution in [2.24, 2.45) is 0 Å². The number of aliphatic hydroxyl groups is 1. The van der Waals surface area contributed by atoms with Gasteiger partial charge >= 0.3 is 6.09 Å². The van der Waals surface area contributed by atoms with Crippen molar-refractivity contribution in [1.82, 2.24) is 4.90 Å². The van der Waals surface area contributed by atoms with E-state index in [0.717, 1.165) is 6.42 Å². The predicted octanol–water partition coefficient (Wildman–Crippen LogP) is 1.78. The highest BCUT2D eigenvalue weighted by atomic mass is 16.6. The predicted molar refractivity (Wildman–Crippen MR) is 68.5 cm³/mol. The Morgan fingerprint density at radius 1 is 1.33 bits per heavy atom. The number of likely N-dealkylation sites (tertiary alicyclic amines) is 1. The van der Waals surface area contributed by atoms with Gasteiger partial charge in [0.1, 0.15) is 5.60 Å². The van der Waals surface area contributed by atoms with E-state index in [1.165, 1.54) is 0 Å². The van der Waals surface area contributed by atoms with Crippen molar-refractivity contribution in [1.29, 1.82) is 0 Å². The Hall–Kier alpha value is -0.810. The first-order valence-corrected chi connectivity index (χ1v) is 6.39. The topological polar surface area (TPSA) is 59.0 Å². The number of hydrogen-bond donors (Lipinski definition) is 1. The van der Waals surface area contributed by atoms with Gasteiger partial charge in [-0.3, -0.25) is 0 Å². The third-order valence-corrected chi connectivity index (χ3v) is 2.47. The molecule has 1 aliphatic rings. The Morgan fingerprint density at radius 2 is 1.94 bits per heavy atom. The van der Waals surface area contributed by atoms with E-state index in [2.05, 4.69) is 0 Å². The first kappa shape index (κ1) is 15.2. The quantitative estimate of drug-likeness (QED) is 0.839. The van der Waals surface area contributed by atoms with Crippen LogP contribution in [0, 0.1) is 0 Å². The van der Waals surface area contributed by atoms with Crippen molar-refractivity contribution >= 4 is 6.09 Å². The molecule has 0 saturated carbocycles. The summed E-state index contributed by atoms with van der Waals surface area (Å²) in [6, 6.07) is 0. The highest BCUT2D eigenvalue weighted by Gasteiger charge is 2.31. The van der Waals surface area contributed by atoms with Gasteiger partial charge < -0.3 is 19.5 Å². The molecule has 0 aromatic rings. The molecule has 1 unspecified atom stereocenters. The van der Waals surface area contributed by atoms with Crippen LogP contribution in [0.15, 0.2) is 0 Å². The molecule has 0 bridgehead atoms. The second kappa shape index (κ2) is 5.45. The second-order valence-corrected chi connectivity index (χ2v) is 6.46. The molecule has 0 aromatic carbocycles. The molecule has 1 heterocycles. The number of carbonyl (C=O) groups is 1. The van der Waals surface area contributed by atoms with Crippen LogP contribution in [0.2, 0.25) is 0 Å². The molecule has 0 aliphatic carbocycles. The monoisotopic (exact) mass is 259 g/mol. The first-order chi connectivity index (χ1) is 8.07. The fourth-order valence-electron chi connectivity index (χ4n) is 1.68. The van der Waals surface area contributed by atoms with Crippen molar-refractivity contribution in [2.75, 3.05) is 19.7 Å². The van der Waals surface area contributed by atoms with Crippen molar-refractivity contribution in [3.05, 3.63) is 0 Å². The molecule has 5 heteroatoms. The zero-order chi connectivity index (χ0) is 14.0. The van der Waals surface area contributed by atoms with E-state index in [9.17, 15) is 9.90 Å². The largest absolute Gasteiger partial charge is 0.444 e. The van der Waals surface area contributed by atoms with E-state index in [4.69, 9.17) is 9.47 Å². The summed E-state index contributed by atoms with van der Waals surface area (Å²) in [6.07, 6.45) is 0.482. The minimum Gasteiger partial charge on any atom is -0.444 e. The second-order valence-electron chi connectivity index (χ2n) is 6.46. The lowest BCUT2D eigenvalue weighted by molar-refractivity contribution is -0.0498. The molecule has 1 aliphatic heterocycles. The van der Waals surface area contributed by atoms with Gasteiger partial charge in [0.05, 0.1) is 24.9 Å². The van der Waals surface area contributed by atoms with E-state index in [1.807, 2.05) is 20.8 Å². The Morgan fingerprint density at radius 3 is 2.44 bits per heavy atom. The van der Waals surface area contributed by atoms with Crippen LogP contribution in [0.5, 0.6) is 0 Å². The minimum absolute atomic E-state index is 0.0102. The average molecular weight is 259 g/mol. The first-order valence-electron chi connectivity index (χ1n) is 6.39. The molecule has 1 amide bonds. The third kappa shape index (κ3) is 5.69. The van der Waals surface area contributed by atoms with Crippen LogP contribution in [-0.2, 0) is 9.47 Å². The van der Waals surface area contributed by atoms with Crippen molar-refractivity contribution in [3.63, 3.8) is 0 Å². The van der Waals surface area contributed by atoms with Crippen LogP contribution in [0.1, 0.15) is 41.0 Å². The molecule has 1 fully saturated rings. The van der Waals surface area contributed by atoms with Gasteiger partial charge in [0.15, 0.2) is 0 Å². The van der Waals surface area contributed by atoms with E-state index in [1.54, 1.807) is 18.7 Å². The summed E-state index contributed by atoms with van der Waals surface area (Å²) in [5.74, 6) is 0. The zero-order valence-electron chi connectivity index (χ0n) is 12.0. The maximum Gasteiger partial charge on any atom is 0.410 e. The fourth-order valence-corrected chi connectivity index (χ4v) is 1.68. The summed E-state index contributed by atoms with van der Waals surface area (Å²) in [6.45, 7) is 10.4. The molecule has 18 heavy (non-hydrogen) atoms. The maximum absolute atomic E-state index is 11.8. The van der Waals surface area contributed by atoms with Gasteiger partial charge in [0.25, 0.3) is 0 Å². The Labute approximate surface area is 109 Å². The van der Waals surface area contributed by atoms with E-state index < -0.39 is 11.2 Å². The van der Waals surface area contributed by atoms with Gasteiger partial charge in [-0.1, -0.05) is 0 Å². The fraction of sp³-hybridized carbons (Fsp3) is 0.923. The molecule has 0 radical (unpaired) electrons. The smallest absolute Gasteiger partial charge is 0.410 e. The highest BCUT2D eigenvalue weighted by molar-refractivity contribution is 5.68. The van der Waals surface area contributed by atoms with E-state index >= 15 is 0 Å². The molecule has 0 spiro atoms. The van der Waals surface area contributed by atoms with Gasteiger partial charge in [-0.2, -0.15) is 0 Å². The Balaban J connectivity index is 2.35. The summed E-state index contributed by atoms with van der Waals surface area (Å²) in [5.41, 5.74) is -1.30. The number of ether oxygens (including phenoxy) is 2. The molecule has 1 atom stereocenters. The molecule has 5 nitrogen and oxygen atoms in total. The summed E-state index contributed by atoms with van der Waals surface area (Å²) >= 11 is 0. The maximum atomic E-state index is 11.8. The Kier molecular flexibility index (Phi) is 4.61. The zero-order valence-corrected chi connectivity index (χ0v) is 12.0. The number of amides is 1. The molecule has 1 saturated heterocycles. The Bertz CT molecular complexity index is 290. The van der Waals surface area contributed by atoms with Crippen LogP contribution in [0.25, 0.3) is 0 Å². The average Bonchev–Trinajstić information content (AvgIpc) is 2.58. The summed E-state index contributed by atoms with van der Waals surface area (Å²) in [7, 11) is 0.